The molecule has 154 valence electrons. The van der Waals surface area contributed by atoms with E-state index in [4.69, 9.17) is 0 Å². The predicted octanol–water partition coefficient (Wildman–Crippen LogP) is 4.75. The number of hydrogen-bond donors (Lipinski definition) is 0. The van der Waals surface area contributed by atoms with Crippen molar-refractivity contribution in [3.8, 4) is 0 Å². The smallest absolute Gasteiger partial charge is 0 e. The Morgan fingerprint density at radius 3 is 0.483 bits per heavy atom. The fraction of sp³-hybridized carbons (Fsp3) is 0. The summed E-state index contributed by atoms with van der Waals surface area (Å²) in [4.78, 5) is 0. The van der Waals surface area contributed by atoms with Crippen molar-refractivity contribution in [1.82, 2.24) is 0 Å². The number of hydrogen-bond acceptors (Lipinski definition) is 0. The Balaban J connectivity index is 0.000000356. The van der Waals surface area contributed by atoms with Crippen LogP contribution in [0.5, 0.6) is 0 Å². The van der Waals surface area contributed by atoms with Gasteiger partial charge in [0.15, 0.2) is 0 Å². The summed E-state index contributed by atoms with van der Waals surface area (Å²) in [5, 5.41) is 4.95. The molecule has 0 N–H and O–H groups in total. The molecule has 29 heavy (non-hydrogen) atoms. The SMILES string of the molecule is Pc1ccccc1.Pc1ccccc1.Pc1ccccc1.Pc1ccccc1.[Pd]. The quantitative estimate of drug-likeness (QED) is 0.221. The van der Waals surface area contributed by atoms with Crippen LogP contribution in [0.3, 0.4) is 0 Å². The van der Waals surface area contributed by atoms with E-state index in [1.54, 1.807) is 0 Å². The molecule has 0 radical (unpaired) electrons. The predicted molar refractivity (Wildman–Crippen MR) is 143 cm³/mol. The second kappa shape index (κ2) is 19.2. The minimum atomic E-state index is 0. The van der Waals surface area contributed by atoms with Gasteiger partial charge in [0.1, 0.15) is 0 Å². The molecule has 4 atom stereocenters. The molecule has 0 spiro atoms. The molecule has 0 aliphatic carbocycles. The molecule has 0 aliphatic heterocycles. The van der Waals surface area contributed by atoms with Crippen molar-refractivity contribution < 1.29 is 20.4 Å². The first-order chi connectivity index (χ1) is 13.6. The second-order valence-electron chi connectivity index (χ2n) is 5.64. The van der Waals surface area contributed by atoms with Crippen LogP contribution in [0.15, 0.2) is 121 Å². The van der Waals surface area contributed by atoms with E-state index in [1.165, 1.54) is 21.2 Å². The van der Waals surface area contributed by atoms with Gasteiger partial charge in [0.25, 0.3) is 0 Å². The van der Waals surface area contributed by atoms with E-state index in [1.807, 2.05) is 121 Å². The average Bonchev–Trinajstić information content (AvgIpc) is 2.72. The van der Waals surface area contributed by atoms with E-state index in [0.717, 1.165) is 0 Å². The van der Waals surface area contributed by atoms with Gasteiger partial charge in [-0.25, -0.2) is 0 Å². The molecule has 5 heteroatoms. The zero-order valence-electron chi connectivity index (χ0n) is 16.2. The van der Waals surface area contributed by atoms with Crippen LogP contribution in [-0.2, 0) is 20.4 Å². The van der Waals surface area contributed by atoms with Crippen LogP contribution in [0.1, 0.15) is 0 Å². The first-order valence-electron chi connectivity index (χ1n) is 8.80. The Hall–Kier alpha value is -0.738. The Kier molecular flexibility index (Phi) is 18.7. The third kappa shape index (κ3) is 17.8. The van der Waals surface area contributed by atoms with Crippen LogP contribution in [0.4, 0.5) is 0 Å². The molecular formula is C24H28P4Pd. The van der Waals surface area contributed by atoms with E-state index in [0.29, 0.717) is 0 Å². The van der Waals surface area contributed by atoms with Crippen LogP contribution in [-0.4, -0.2) is 0 Å². The first kappa shape index (κ1) is 28.3. The van der Waals surface area contributed by atoms with Gasteiger partial charge < -0.3 is 0 Å². The van der Waals surface area contributed by atoms with E-state index in [2.05, 4.69) is 37.0 Å². The summed E-state index contributed by atoms with van der Waals surface area (Å²) in [6, 6.07) is 40.5. The van der Waals surface area contributed by atoms with E-state index in [-0.39, 0.29) is 20.4 Å². The Bertz CT molecular complexity index is 693. The van der Waals surface area contributed by atoms with Crippen LogP contribution in [0.25, 0.3) is 0 Å². The number of benzene rings is 4. The van der Waals surface area contributed by atoms with Crippen molar-refractivity contribution in [3.05, 3.63) is 121 Å². The summed E-state index contributed by atoms with van der Waals surface area (Å²) in [6.45, 7) is 0. The van der Waals surface area contributed by atoms with Crippen molar-refractivity contribution in [3.63, 3.8) is 0 Å². The molecule has 0 bridgehead atoms. The minimum Gasteiger partial charge on any atom is -0.106 e. The van der Waals surface area contributed by atoms with Gasteiger partial charge in [0, 0.05) is 20.4 Å². The van der Waals surface area contributed by atoms with Crippen LogP contribution in [0, 0.1) is 0 Å². The van der Waals surface area contributed by atoms with E-state index < -0.39 is 0 Å². The zero-order chi connectivity index (χ0) is 20.5. The molecule has 0 amide bonds. The topological polar surface area (TPSA) is 0 Å². The monoisotopic (exact) mass is 546 g/mol. The van der Waals surface area contributed by atoms with Crippen molar-refractivity contribution in [1.29, 1.82) is 0 Å². The zero-order valence-corrected chi connectivity index (χ0v) is 22.3. The molecule has 4 unspecified atom stereocenters. The molecule has 4 aromatic rings. The summed E-state index contributed by atoms with van der Waals surface area (Å²) in [6.07, 6.45) is 0. The van der Waals surface area contributed by atoms with Crippen LogP contribution in [0.2, 0.25) is 0 Å². The summed E-state index contributed by atoms with van der Waals surface area (Å²) in [5.41, 5.74) is 0. The first-order valence-corrected chi connectivity index (χ1v) is 11.1. The maximum atomic E-state index is 2.63. The van der Waals surface area contributed by atoms with Crippen molar-refractivity contribution in [2.75, 3.05) is 0 Å². The van der Waals surface area contributed by atoms with Crippen LogP contribution >= 0.6 is 37.0 Å². The summed E-state index contributed by atoms with van der Waals surface area (Å²) >= 11 is 0. The molecule has 0 aromatic heterocycles. The molecule has 0 saturated heterocycles. The second-order valence-corrected chi connectivity index (χ2v) is 8.31. The molecule has 4 aromatic carbocycles. The standard InChI is InChI=1S/4C6H7P.Pd/c4*7-6-4-2-1-3-5-6;/h4*1-5H,7H2;. The fourth-order valence-corrected chi connectivity index (χ4v) is 2.70. The van der Waals surface area contributed by atoms with E-state index in [9.17, 15) is 0 Å². The third-order valence-corrected chi connectivity index (χ3v) is 4.74. The van der Waals surface area contributed by atoms with Gasteiger partial charge in [-0.1, -0.05) is 121 Å². The molecule has 0 heterocycles. The van der Waals surface area contributed by atoms with Gasteiger partial charge in [-0.2, -0.15) is 0 Å². The molecule has 0 fully saturated rings. The third-order valence-electron chi connectivity index (χ3n) is 3.20. The van der Waals surface area contributed by atoms with Crippen molar-refractivity contribution >= 4 is 58.2 Å². The van der Waals surface area contributed by atoms with Gasteiger partial charge in [-0.3, -0.25) is 0 Å². The van der Waals surface area contributed by atoms with Gasteiger partial charge >= 0.3 is 0 Å². The maximum absolute atomic E-state index is 2.63. The summed E-state index contributed by atoms with van der Waals surface area (Å²) < 4.78 is 0. The van der Waals surface area contributed by atoms with Crippen molar-refractivity contribution in [2.45, 2.75) is 0 Å². The van der Waals surface area contributed by atoms with Gasteiger partial charge in [0.2, 0.25) is 0 Å². The Morgan fingerprint density at radius 2 is 0.414 bits per heavy atom. The Morgan fingerprint density at radius 1 is 0.276 bits per heavy atom. The Labute approximate surface area is 199 Å². The van der Waals surface area contributed by atoms with Gasteiger partial charge in [-0.05, 0) is 21.2 Å². The normalized spacial score (nSPS) is 8.41. The van der Waals surface area contributed by atoms with Crippen molar-refractivity contribution in [2.24, 2.45) is 0 Å². The summed E-state index contributed by atoms with van der Waals surface area (Å²) in [5.74, 6) is 0. The fourth-order valence-electron chi connectivity index (χ4n) is 1.81. The summed E-state index contributed by atoms with van der Waals surface area (Å²) in [7, 11) is 10.5. The maximum Gasteiger partial charge on any atom is 0 e. The molecule has 0 aliphatic rings. The van der Waals surface area contributed by atoms with Gasteiger partial charge in [-0.15, -0.1) is 37.0 Å². The average molecular weight is 547 g/mol. The molecular weight excluding hydrogens is 519 g/mol. The van der Waals surface area contributed by atoms with E-state index >= 15 is 0 Å². The van der Waals surface area contributed by atoms with Crippen LogP contribution < -0.4 is 21.2 Å². The minimum absolute atomic E-state index is 0. The molecule has 0 saturated carbocycles. The molecule has 4 rings (SSSR count). The van der Waals surface area contributed by atoms with Gasteiger partial charge in [0.05, 0.1) is 0 Å². The number of rotatable bonds is 0. The largest absolute Gasteiger partial charge is 0.106 e. The molecule has 0 nitrogen and oxygen atoms in total.